The van der Waals surface area contributed by atoms with Crippen LogP contribution in [0.4, 0.5) is 5.82 Å². The van der Waals surface area contributed by atoms with Gasteiger partial charge in [-0.05, 0) is 46.1 Å². The Hall–Kier alpha value is -1.33. The van der Waals surface area contributed by atoms with Crippen molar-refractivity contribution in [2.24, 2.45) is 0 Å². The van der Waals surface area contributed by atoms with Gasteiger partial charge in [0.05, 0.1) is 0 Å². The number of rotatable bonds is 6. The minimum atomic E-state index is -0.132. The molecule has 1 aromatic heterocycles. The van der Waals surface area contributed by atoms with E-state index in [0.717, 1.165) is 13.0 Å². The van der Waals surface area contributed by atoms with Gasteiger partial charge in [0.2, 0.25) is 0 Å². The third-order valence-electron chi connectivity index (χ3n) is 2.70. The normalized spacial score (nSPS) is 12.3. The van der Waals surface area contributed by atoms with Gasteiger partial charge in [-0.3, -0.25) is 4.79 Å². The second-order valence-corrected chi connectivity index (χ2v) is 5.17. The topological polar surface area (TPSA) is 57.3 Å². The molecule has 0 radical (unpaired) electrons. The fourth-order valence-electron chi connectivity index (χ4n) is 1.59. The summed E-state index contributed by atoms with van der Waals surface area (Å²) in [6.07, 6.45) is 0.899. The number of halogens is 1. The molecule has 0 spiro atoms. The number of aromatic nitrogens is 1. The van der Waals surface area contributed by atoms with Crippen LogP contribution in [-0.4, -0.2) is 49.5 Å². The van der Waals surface area contributed by atoms with Crippen molar-refractivity contribution >= 4 is 23.3 Å². The van der Waals surface area contributed by atoms with Crippen LogP contribution in [0.15, 0.2) is 12.1 Å². The lowest BCUT2D eigenvalue weighted by Crippen LogP contribution is -2.34. The first-order chi connectivity index (χ1) is 8.92. The number of anilines is 1. The van der Waals surface area contributed by atoms with Crippen LogP contribution in [0.1, 0.15) is 23.7 Å². The Bertz CT molecular complexity index is 437. The fourth-order valence-corrected chi connectivity index (χ4v) is 1.80. The summed E-state index contributed by atoms with van der Waals surface area (Å²) in [5, 5.41) is 6.13. The van der Waals surface area contributed by atoms with Crippen LogP contribution in [0.2, 0.25) is 5.15 Å². The third-order valence-corrected chi connectivity index (χ3v) is 2.89. The maximum Gasteiger partial charge on any atom is 0.251 e. The minimum absolute atomic E-state index is 0.111. The second kappa shape index (κ2) is 7.31. The van der Waals surface area contributed by atoms with Gasteiger partial charge in [0.1, 0.15) is 11.0 Å². The van der Waals surface area contributed by atoms with Gasteiger partial charge in [-0.15, -0.1) is 0 Å². The SMILES string of the molecule is CNc1cc(C(=O)NC(C)CCN(C)C)cc(Cl)n1. The van der Waals surface area contributed by atoms with Crippen LogP contribution < -0.4 is 10.6 Å². The van der Waals surface area contributed by atoms with Crippen molar-refractivity contribution in [3.8, 4) is 0 Å². The van der Waals surface area contributed by atoms with Crippen LogP contribution in [0.5, 0.6) is 0 Å². The smallest absolute Gasteiger partial charge is 0.251 e. The van der Waals surface area contributed by atoms with E-state index in [9.17, 15) is 4.79 Å². The van der Waals surface area contributed by atoms with Gasteiger partial charge in [-0.25, -0.2) is 4.98 Å². The van der Waals surface area contributed by atoms with E-state index in [1.54, 1.807) is 19.2 Å². The molecule has 0 aliphatic carbocycles. The lowest BCUT2D eigenvalue weighted by atomic mass is 10.2. The molecule has 0 aliphatic heterocycles. The van der Waals surface area contributed by atoms with E-state index in [4.69, 9.17) is 11.6 Å². The number of carbonyl (C=O) groups is 1. The molecule has 1 rings (SSSR count). The molecule has 19 heavy (non-hydrogen) atoms. The van der Waals surface area contributed by atoms with Crippen molar-refractivity contribution in [1.29, 1.82) is 0 Å². The number of pyridine rings is 1. The van der Waals surface area contributed by atoms with E-state index < -0.39 is 0 Å². The summed E-state index contributed by atoms with van der Waals surface area (Å²) in [5.74, 6) is 0.450. The van der Waals surface area contributed by atoms with E-state index in [2.05, 4.69) is 20.5 Å². The van der Waals surface area contributed by atoms with Gasteiger partial charge in [0, 0.05) is 18.7 Å². The first-order valence-electron chi connectivity index (χ1n) is 6.23. The lowest BCUT2D eigenvalue weighted by Gasteiger charge is -2.17. The number of hydrogen-bond acceptors (Lipinski definition) is 4. The fraction of sp³-hybridized carbons (Fsp3) is 0.538. The Kier molecular flexibility index (Phi) is 6.05. The Morgan fingerprint density at radius 3 is 2.74 bits per heavy atom. The molecule has 0 aliphatic rings. The molecule has 2 N–H and O–H groups in total. The summed E-state index contributed by atoms with van der Waals surface area (Å²) in [7, 11) is 5.76. The van der Waals surface area contributed by atoms with Crippen LogP contribution in [0.3, 0.4) is 0 Å². The predicted molar refractivity (Wildman–Crippen MR) is 78.9 cm³/mol. The Balaban J connectivity index is 2.64. The molecule has 106 valence electrons. The number of carbonyl (C=O) groups excluding carboxylic acids is 1. The molecular formula is C13H21ClN4O. The molecule has 0 saturated heterocycles. The summed E-state index contributed by atoms with van der Waals surface area (Å²) < 4.78 is 0. The molecule has 1 atom stereocenters. The van der Waals surface area contributed by atoms with Crippen molar-refractivity contribution in [1.82, 2.24) is 15.2 Å². The van der Waals surface area contributed by atoms with Crippen molar-refractivity contribution in [3.05, 3.63) is 22.8 Å². The average molecular weight is 285 g/mol. The first kappa shape index (κ1) is 15.7. The second-order valence-electron chi connectivity index (χ2n) is 4.78. The maximum atomic E-state index is 12.1. The summed E-state index contributed by atoms with van der Waals surface area (Å²) in [5.41, 5.74) is 0.515. The minimum Gasteiger partial charge on any atom is -0.373 e. The molecule has 0 saturated carbocycles. The van der Waals surface area contributed by atoms with Gasteiger partial charge in [-0.1, -0.05) is 11.6 Å². The molecular weight excluding hydrogens is 264 g/mol. The molecule has 0 aromatic carbocycles. The van der Waals surface area contributed by atoms with Gasteiger partial charge < -0.3 is 15.5 Å². The van der Waals surface area contributed by atoms with Gasteiger partial charge in [-0.2, -0.15) is 0 Å². The zero-order valence-electron chi connectivity index (χ0n) is 11.8. The van der Waals surface area contributed by atoms with Crippen LogP contribution in [0.25, 0.3) is 0 Å². The monoisotopic (exact) mass is 284 g/mol. The Morgan fingerprint density at radius 1 is 1.47 bits per heavy atom. The molecule has 0 fully saturated rings. The Labute approximate surface area is 119 Å². The number of nitrogens with one attached hydrogen (secondary N) is 2. The highest BCUT2D eigenvalue weighted by Gasteiger charge is 2.12. The van der Waals surface area contributed by atoms with Crippen molar-refractivity contribution in [2.75, 3.05) is 33.0 Å². The van der Waals surface area contributed by atoms with E-state index in [1.807, 2.05) is 21.0 Å². The molecule has 6 heteroatoms. The summed E-state index contributed by atoms with van der Waals surface area (Å²) >= 11 is 5.87. The van der Waals surface area contributed by atoms with E-state index in [-0.39, 0.29) is 11.9 Å². The predicted octanol–water partition coefficient (Wildman–Crippen LogP) is 1.85. The first-order valence-corrected chi connectivity index (χ1v) is 6.61. The quantitative estimate of drug-likeness (QED) is 0.783. The molecule has 1 aromatic rings. The molecule has 0 bridgehead atoms. The van der Waals surface area contributed by atoms with Crippen molar-refractivity contribution in [3.63, 3.8) is 0 Å². The van der Waals surface area contributed by atoms with Crippen LogP contribution >= 0.6 is 11.6 Å². The maximum absolute atomic E-state index is 12.1. The van der Waals surface area contributed by atoms with E-state index in [0.29, 0.717) is 16.5 Å². The highest BCUT2D eigenvalue weighted by atomic mass is 35.5. The third kappa shape index (κ3) is 5.44. The number of hydrogen-bond donors (Lipinski definition) is 2. The Morgan fingerprint density at radius 2 is 2.16 bits per heavy atom. The van der Waals surface area contributed by atoms with Crippen LogP contribution in [0, 0.1) is 0 Å². The molecule has 1 amide bonds. The van der Waals surface area contributed by atoms with E-state index >= 15 is 0 Å². The standard InChI is InChI=1S/C13H21ClN4O/c1-9(5-6-18(3)4)16-13(19)10-7-11(14)17-12(8-10)15-2/h7-9H,5-6H2,1-4H3,(H,15,17)(H,16,19). The van der Waals surface area contributed by atoms with Crippen LogP contribution in [-0.2, 0) is 0 Å². The van der Waals surface area contributed by atoms with Crippen molar-refractivity contribution < 1.29 is 4.79 Å². The van der Waals surface area contributed by atoms with Crippen molar-refractivity contribution in [2.45, 2.75) is 19.4 Å². The summed E-state index contributed by atoms with van der Waals surface area (Å²) in [6.45, 7) is 2.92. The van der Waals surface area contributed by atoms with E-state index in [1.165, 1.54) is 0 Å². The molecule has 5 nitrogen and oxygen atoms in total. The largest absolute Gasteiger partial charge is 0.373 e. The van der Waals surface area contributed by atoms with Gasteiger partial charge >= 0.3 is 0 Å². The average Bonchev–Trinajstić information content (AvgIpc) is 2.35. The zero-order valence-corrected chi connectivity index (χ0v) is 12.6. The summed E-state index contributed by atoms with van der Waals surface area (Å²) in [4.78, 5) is 18.2. The number of amides is 1. The van der Waals surface area contributed by atoms with Gasteiger partial charge in [0.15, 0.2) is 0 Å². The van der Waals surface area contributed by atoms with Gasteiger partial charge in [0.25, 0.3) is 5.91 Å². The zero-order chi connectivity index (χ0) is 14.4. The molecule has 1 heterocycles. The lowest BCUT2D eigenvalue weighted by molar-refractivity contribution is 0.0936. The molecule has 1 unspecified atom stereocenters. The highest BCUT2D eigenvalue weighted by Crippen LogP contribution is 2.14. The highest BCUT2D eigenvalue weighted by molar-refractivity contribution is 6.29. The number of nitrogens with zero attached hydrogens (tertiary/aromatic N) is 2. The summed E-state index contributed by atoms with van der Waals surface area (Å²) in [6, 6.07) is 3.36.